The van der Waals surface area contributed by atoms with E-state index in [9.17, 15) is 0 Å². The number of hydrogen-bond donors (Lipinski definition) is 2. The zero-order chi connectivity index (χ0) is 7.84. The van der Waals surface area contributed by atoms with E-state index in [1.807, 2.05) is 0 Å². The van der Waals surface area contributed by atoms with Crippen molar-refractivity contribution in [1.29, 1.82) is 0 Å². The molecule has 7 heteroatoms. The first kappa shape index (κ1) is 7.26. The van der Waals surface area contributed by atoms with E-state index in [2.05, 4.69) is 19.9 Å². The molecule has 2 aromatic heterocycles. The first-order chi connectivity index (χ1) is 5.27. The van der Waals surface area contributed by atoms with Crippen LogP contribution in [0.25, 0.3) is 11.2 Å². The largest absolute Gasteiger partial charge is 0.383 e. The molecule has 0 bridgehead atoms. The van der Waals surface area contributed by atoms with E-state index < -0.39 is 0 Å². The van der Waals surface area contributed by atoms with E-state index in [1.54, 1.807) is 0 Å². The van der Waals surface area contributed by atoms with E-state index >= 15 is 0 Å². The van der Waals surface area contributed by atoms with Gasteiger partial charge in [-0.15, -0.1) is 0 Å². The molecule has 0 radical (unpaired) electrons. The van der Waals surface area contributed by atoms with Crippen LogP contribution < -0.4 is 16.5 Å². The number of nitrogens with two attached hydrogens (primary N) is 2. The van der Waals surface area contributed by atoms with Crippen LogP contribution in [0.15, 0.2) is 6.33 Å². The Morgan fingerprint density at radius 1 is 1.25 bits per heavy atom. The second-order valence-corrected chi connectivity index (χ2v) is 2.01. The van der Waals surface area contributed by atoms with Crippen LogP contribution in [0, 0.1) is 0 Å². The van der Waals surface area contributed by atoms with Gasteiger partial charge in [0.2, 0.25) is 0 Å². The van der Waals surface area contributed by atoms with E-state index in [0.29, 0.717) is 11.2 Å². The van der Waals surface area contributed by atoms with Crippen LogP contribution in [0.5, 0.6) is 0 Å². The van der Waals surface area contributed by atoms with Gasteiger partial charge in [-0.1, -0.05) is 0 Å². The summed E-state index contributed by atoms with van der Waals surface area (Å²) in [5, 5.41) is 0. The summed E-state index contributed by atoms with van der Waals surface area (Å²) >= 11 is 0. The molecule has 0 aromatic carbocycles. The first-order valence-corrected chi connectivity index (χ1v) is 2.94. The summed E-state index contributed by atoms with van der Waals surface area (Å²) in [5.41, 5.74) is 11.7. The number of imidazole rings is 1. The number of nitrogen functional groups attached to an aromatic ring is 2. The van der Waals surface area contributed by atoms with Gasteiger partial charge >= 0.3 is 0 Å². The van der Waals surface area contributed by atoms with Crippen molar-refractivity contribution in [2.45, 2.75) is 0 Å². The fourth-order valence-corrected chi connectivity index (χ4v) is 0.833. The van der Waals surface area contributed by atoms with Crippen LogP contribution in [0.2, 0.25) is 0 Å². The third-order valence-corrected chi connectivity index (χ3v) is 1.28. The van der Waals surface area contributed by atoms with Crippen molar-refractivity contribution >= 4 is 22.9 Å². The minimum absolute atomic E-state index is 0. The normalized spacial score (nSPS) is 9.67. The number of hydrogen-bond acceptors (Lipinski definition) is 5. The Bertz CT molecular complexity index is 396. The van der Waals surface area contributed by atoms with Gasteiger partial charge in [0.1, 0.15) is 11.8 Å². The number of anilines is 2. The number of aromatic nitrogens is 4. The molecule has 2 rings (SSSR count). The summed E-state index contributed by atoms with van der Waals surface area (Å²) in [6.07, 6.45) is 1.37. The van der Waals surface area contributed by atoms with Gasteiger partial charge in [-0.2, -0.15) is 0 Å². The first-order valence-electron chi connectivity index (χ1n) is 2.94. The molecule has 0 saturated heterocycles. The fourth-order valence-electron chi connectivity index (χ4n) is 0.833. The summed E-state index contributed by atoms with van der Waals surface area (Å²) in [7, 11) is 0. The van der Waals surface area contributed by atoms with Crippen molar-refractivity contribution in [2.24, 2.45) is 0 Å². The van der Waals surface area contributed by atoms with Crippen LogP contribution in [0.4, 0.5) is 11.8 Å². The van der Waals surface area contributed by atoms with Crippen LogP contribution >= 0.6 is 0 Å². The summed E-state index contributed by atoms with van der Waals surface area (Å²) in [6.45, 7) is 0. The zero-order valence-corrected chi connectivity index (χ0v) is 12.6. The molecule has 6 nitrogen and oxygen atoms in total. The van der Waals surface area contributed by atoms with Crippen LogP contribution in [-0.2, 0) is 0 Å². The molecule has 0 amide bonds. The number of fused-ring (bicyclic) bond motifs is 1. The van der Waals surface area contributed by atoms with Crippen molar-refractivity contribution in [3.05, 3.63) is 6.33 Å². The fraction of sp³-hybridized carbons (Fsp3) is 0. The Balaban J connectivity index is 0.000000720. The predicted octanol–water partition coefficient (Wildman–Crippen LogP) is -0.854. The Morgan fingerprint density at radius 2 is 2.00 bits per heavy atom. The van der Waals surface area contributed by atoms with Crippen LogP contribution in [-0.4, -0.2) is 15.0 Å². The monoisotopic (exact) mass is 416 g/mol. The van der Waals surface area contributed by atoms with Gasteiger partial charge in [0.25, 0.3) is 0 Å². The Kier molecular flexibility index (Phi) is 1.26. The molecule has 0 unspecified atom stereocenters. The molecular formula is C5H5N6Rf-. The molecule has 0 fully saturated rings. The van der Waals surface area contributed by atoms with Crippen molar-refractivity contribution in [3.63, 3.8) is 0 Å². The average molecular weight is 416 g/mol. The summed E-state index contributed by atoms with van der Waals surface area (Å²) < 4.78 is 0. The van der Waals surface area contributed by atoms with Gasteiger partial charge in [0.05, 0.1) is 0 Å². The molecule has 0 aliphatic rings. The van der Waals surface area contributed by atoms with E-state index in [0.717, 1.165) is 0 Å². The molecule has 4 N–H and O–H groups in total. The van der Waals surface area contributed by atoms with Crippen molar-refractivity contribution in [2.75, 3.05) is 11.5 Å². The minimum Gasteiger partial charge on any atom is -0.383 e. The smallest absolute Gasteiger partial charge is 0.150 e. The number of nitrogens with zero attached hydrogens (tertiary/aromatic N) is 4. The van der Waals surface area contributed by atoms with Crippen LogP contribution in [0.1, 0.15) is 0 Å². The summed E-state index contributed by atoms with van der Waals surface area (Å²) in [5.74, 6) is 0.389. The topological polar surface area (TPSA) is 105 Å². The second-order valence-electron chi connectivity index (χ2n) is 2.01. The van der Waals surface area contributed by atoms with E-state index in [-0.39, 0.29) is 11.8 Å². The maximum atomic E-state index is 5.47. The maximum Gasteiger partial charge on any atom is 0.150 e. The molecule has 58 valence electrons. The molecule has 2 aromatic rings. The second kappa shape index (κ2) is 2.08. The van der Waals surface area contributed by atoms with Gasteiger partial charge < -0.3 is 26.4 Å². The predicted molar refractivity (Wildman–Crippen MR) is 39.5 cm³/mol. The molecule has 0 atom stereocenters. The molecule has 2 heterocycles. The molecule has 12 heavy (non-hydrogen) atoms. The molecule has 0 spiro atoms. The number of rotatable bonds is 0. The Morgan fingerprint density at radius 3 is 2.75 bits per heavy atom. The average Bonchev–Trinajstić information content (AvgIpc) is 2.34. The van der Waals surface area contributed by atoms with Gasteiger partial charge in [0.15, 0.2) is 0 Å². The molecular weight excluding hydrogens is 411 g/mol. The third kappa shape index (κ3) is 0.737. The van der Waals surface area contributed by atoms with Crippen molar-refractivity contribution in [3.8, 4) is 0 Å². The minimum atomic E-state index is 0. The van der Waals surface area contributed by atoms with Crippen molar-refractivity contribution < 1.29 is 0 Å². The standard InChI is InChI=1S/C5H5N6.Rf/c6-3-2-4(9-1-8-2)11-5(7)10-3;/h1H,(H4-,6,7,8,9,10,11);/q-1;. The summed E-state index contributed by atoms with van der Waals surface area (Å²) in [4.78, 5) is 15.2. The Hall–Kier alpha value is -2.85. The molecule has 0 aliphatic carbocycles. The SMILES string of the molecule is Nc1nc(N)c2nc[n-]c2n1.[Rf]. The van der Waals surface area contributed by atoms with Gasteiger partial charge in [-0.25, -0.2) is 4.98 Å². The molecule has 0 aliphatic heterocycles. The van der Waals surface area contributed by atoms with E-state index in [1.165, 1.54) is 6.33 Å². The van der Waals surface area contributed by atoms with Gasteiger partial charge in [-0.05, 0) is 6.33 Å². The quantitative estimate of drug-likeness (QED) is 0.580. The van der Waals surface area contributed by atoms with Gasteiger partial charge in [-0.3, -0.25) is 0 Å². The van der Waals surface area contributed by atoms with E-state index in [4.69, 9.17) is 11.5 Å². The maximum absolute atomic E-state index is 5.47. The van der Waals surface area contributed by atoms with Crippen molar-refractivity contribution in [1.82, 2.24) is 19.9 Å². The third-order valence-electron chi connectivity index (χ3n) is 1.28. The van der Waals surface area contributed by atoms with Crippen LogP contribution in [0.3, 0.4) is 0 Å². The zero-order valence-electron chi connectivity index (χ0n) is 6.23. The Labute approximate surface area is 61.7 Å². The molecule has 0 saturated carbocycles. The van der Waals surface area contributed by atoms with Gasteiger partial charge in [0, 0.05) is 11.2 Å². The summed E-state index contributed by atoms with van der Waals surface area (Å²) in [6, 6.07) is 0.